The molecule has 0 saturated heterocycles. The lowest BCUT2D eigenvalue weighted by Gasteiger charge is -2.28. The van der Waals surface area contributed by atoms with Crippen molar-refractivity contribution in [2.24, 2.45) is 5.41 Å². The highest BCUT2D eigenvalue weighted by atomic mass is 79.9. The number of halogens is 1. The first kappa shape index (κ1) is 13.2. The number of methoxy groups -OCH3 is 1. The van der Waals surface area contributed by atoms with E-state index in [2.05, 4.69) is 25.9 Å². The fourth-order valence-corrected chi connectivity index (χ4v) is 1.65. The second-order valence-corrected chi connectivity index (χ2v) is 5.36. The Balaban J connectivity index is 3.28. The van der Waals surface area contributed by atoms with Crippen LogP contribution in [0.15, 0.2) is 9.27 Å². The lowest BCUT2D eigenvalue weighted by atomic mass is 9.88. The van der Waals surface area contributed by atoms with Crippen molar-refractivity contribution in [2.45, 2.75) is 26.9 Å². The number of aromatic amines is 1. The summed E-state index contributed by atoms with van der Waals surface area (Å²) >= 11 is 2.94. The van der Waals surface area contributed by atoms with Crippen molar-refractivity contribution in [2.75, 3.05) is 7.11 Å². The van der Waals surface area contributed by atoms with Gasteiger partial charge in [-0.2, -0.15) is 4.98 Å². The Kier molecular flexibility index (Phi) is 3.75. The van der Waals surface area contributed by atoms with Crippen molar-refractivity contribution in [1.29, 1.82) is 0 Å². The molecule has 1 heterocycles. The van der Waals surface area contributed by atoms with Gasteiger partial charge < -0.3 is 14.8 Å². The summed E-state index contributed by atoms with van der Waals surface area (Å²) in [4.78, 5) is 17.9. The van der Waals surface area contributed by atoms with Gasteiger partial charge in [0.1, 0.15) is 16.4 Å². The molecule has 0 radical (unpaired) electrons. The third kappa shape index (κ3) is 2.62. The van der Waals surface area contributed by atoms with Gasteiger partial charge in [-0.15, -0.1) is 0 Å². The summed E-state index contributed by atoms with van der Waals surface area (Å²) in [5.41, 5.74) is -0.654. The topological polar surface area (TPSA) is 75.2 Å². The lowest BCUT2D eigenvalue weighted by molar-refractivity contribution is 0.00806. The van der Waals surface area contributed by atoms with Gasteiger partial charge in [0.05, 0.1) is 0 Å². The van der Waals surface area contributed by atoms with E-state index in [1.165, 1.54) is 7.11 Å². The Morgan fingerprint density at radius 1 is 1.50 bits per heavy atom. The number of rotatable bonds is 2. The van der Waals surface area contributed by atoms with Gasteiger partial charge >= 0.3 is 0 Å². The molecule has 1 unspecified atom stereocenters. The van der Waals surface area contributed by atoms with Crippen molar-refractivity contribution < 1.29 is 9.84 Å². The maximum atomic E-state index is 11.4. The average molecular weight is 291 g/mol. The molecule has 0 aliphatic heterocycles. The highest BCUT2D eigenvalue weighted by molar-refractivity contribution is 9.10. The van der Waals surface area contributed by atoms with Crippen LogP contribution in [0.1, 0.15) is 32.7 Å². The van der Waals surface area contributed by atoms with E-state index in [-0.39, 0.29) is 21.9 Å². The van der Waals surface area contributed by atoms with Gasteiger partial charge in [-0.05, 0) is 21.3 Å². The molecule has 1 aromatic heterocycles. The normalized spacial score (nSPS) is 13.8. The number of ether oxygens (including phenoxy) is 1. The SMILES string of the molecule is COC(c1nc(O)c(Br)c(=O)[nH]1)C(C)(C)C. The van der Waals surface area contributed by atoms with E-state index < -0.39 is 5.56 Å². The molecule has 16 heavy (non-hydrogen) atoms. The monoisotopic (exact) mass is 290 g/mol. The molecule has 1 aromatic rings. The van der Waals surface area contributed by atoms with Crippen LogP contribution in [0, 0.1) is 5.41 Å². The van der Waals surface area contributed by atoms with Crippen molar-refractivity contribution in [3.8, 4) is 5.88 Å². The first-order valence-corrected chi connectivity index (χ1v) is 5.58. The zero-order valence-electron chi connectivity index (χ0n) is 9.67. The predicted molar refractivity (Wildman–Crippen MR) is 63.4 cm³/mol. The molecule has 6 heteroatoms. The van der Waals surface area contributed by atoms with Crippen LogP contribution in [-0.4, -0.2) is 22.2 Å². The average Bonchev–Trinajstić information content (AvgIpc) is 2.12. The van der Waals surface area contributed by atoms with Gasteiger partial charge in [-0.1, -0.05) is 20.8 Å². The molecule has 0 aliphatic rings. The maximum absolute atomic E-state index is 11.4. The fourth-order valence-electron chi connectivity index (χ4n) is 1.46. The van der Waals surface area contributed by atoms with Gasteiger partial charge in [0, 0.05) is 7.11 Å². The van der Waals surface area contributed by atoms with Gasteiger partial charge in [-0.3, -0.25) is 4.79 Å². The van der Waals surface area contributed by atoms with Gasteiger partial charge in [-0.25, -0.2) is 0 Å². The Morgan fingerprint density at radius 2 is 2.06 bits per heavy atom. The number of hydrogen-bond acceptors (Lipinski definition) is 4. The molecular formula is C10H15BrN2O3. The van der Waals surface area contributed by atoms with Crippen molar-refractivity contribution in [1.82, 2.24) is 9.97 Å². The zero-order valence-corrected chi connectivity index (χ0v) is 11.3. The van der Waals surface area contributed by atoms with Gasteiger partial charge in [0.2, 0.25) is 5.88 Å². The Morgan fingerprint density at radius 3 is 2.44 bits per heavy atom. The number of aromatic nitrogens is 2. The summed E-state index contributed by atoms with van der Waals surface area (Å²) in [6, 6.07) is 0. The molecule has 2 N–H and O–H groups in total. The lowest BCUT2D eigenvalue weighted by Crippen LogP contribution is -2.25. The van der Waals surface area contributed by atoms with Crippen LogP contribution >= 0.6 is 15.9 Å². The minimum Gasteiger partial charge on any atom is -0.492 e. The standard InChI is InChI=1S/C10H15BrN2O3/c1-10(2,3)6(16-4)7-12-8(14)5(11)9(15)13-7/h6H,1-4H3,(H2,12,13,14,15). The molecule has 0 spiro atoms. The van der Waals surface area contributed by atoms with Gasteiger partial charge in [0.15, 0.2) is 0 Å². The van der Waals surface area contributed by atoms with Crippen LogP contribution in [0.2, 0.25) is 0 Å². The summed E-state index contributed by atoms with van der Waals surface area (Å²) < 4.78 is 5.32. The molecule has 1 atom stereocenters. The van der Waals surface area contributed by atoms with Crippen molar-refractivity contribution in [3.05, 3.63) is 20.7 Å². The number of nitrogens with one attached hydrogen (secondary N) is 1. The molecule has 5 nitrogen and oxygen atoms in total. The molecule has 0 aliphatic carbocycles. The molecule has 0 fully saturated rings. The Hall–Kier alpha value is -0.880. The number of aromatic hydroxyl groups is 1. The number of H-pyrrole nitrogens is 1. The summed E-state index contributed by atoms with van der Waals surface area (Å²) in [5.74, 6) is -0.00856. The highest BCUT2D eigenvalue weighted by Gasteiger charge is 2.29. The van der Waals surface area contributed by atoms with Crippen molar-refractivity contribution in [3.63, 3.8) is 0 Å². The van der Waals surface area contributed by atoms with Crippen LogP contribution in [0.5, 0.6) is 5.88 Å². The predicted octanol–water partition coefficient (Wildman–Crippen LogP) is 1.97. The molecular weight excluding hydrogens is 276 g/mol. The van der Waals surface area contributed by atoms with Crippen LogP contribution < -0.4 is 5.56 Å². The molecule has 0 aromatic carbocycles. The van der Waals surface area contributed by atoms with E-state index in [1.807, 2.05) is 20.8 Å². The van der Waals surface area contributed by atoms with E-state index in [1.54, 1.807) is 0 Å². The largest absolute Gasteiger partial charge is 0.492 e. The Bertz CT molecular complexity index is 437. The number of nitrogens with zero attached hydrogens (tertiary/aromatic N) is 1. The third-order valence-corrected chi connectivity index (χ3v) is 2.85. The highest BCUT2D eigenvalue weighted by Crippen LogP contribution is 2.34. The first-order valence-electron chi connectivity index (χ1n) is 4.79. The fraction of sp³-hybridized carbons (Fsp3) is 0.600. The van der Waals surface area contributed by atoms with E-state index in [9.17, 15) is 9.90 Å². The molecule has 90 valence electrons. The van der Waals surface area contributed by atoms with E-state index >= 15 is 0 Å². The second-order valence-electron chi connectivity index (χ2n) is 4.57. The summed E-state index contributed by atoms with van der Waals surface area (Å²) in [5, 5.41) is 9.46. The second kappa shape index (κ2) is 4.55. The van der Waals surface area contributed by atoms with Gasteiger partial charge in [0.25, 0.3) is 5.56 Å². The molecule has 0 amide bonds. The van der Waals surface area contributed by atoms with Crippen LogP contribution in [0.25, 0.3) is 0 Å². The molecule has 1 rings (SSSR count). The van der Waals surface area contributed by atoms with E-state index in [0.29, 0.717) is 5.82 Å². The quantitative estimate of drug-likeness (QED) is 0.873. The molecule has 0 saturated carbocycles. The first-order chi connectivity index (χ1) is 7.27. The minimum absolute atomic E-state index is 0.0278. The molecule has 0 bridgehead atoms. The smallest absolute Gasteiger partial charge is 0.269 e. The zero-order chi connectivity index (χ0) is 12.5. The Labute approximate surface area is 102 Å². The summed E-state index contributed by atoms with van der Waals surface area (Å²) in [7, 11) is 1.54. The minimum atomic E-state index is -0.422. The maximum Gasteiger partial charge on any atom is 0.269 e. The van der Waals surface area contributed by atoms with E-state index in [0.717, 1.165) is 0 Å². The van der Waals surface area contributed by atoms with E-state index in [4.69, 9.17) is 4.74 Å². The summed E-state index contributed by atoms with van der Waals surface area (Å²) in [6.45, 7) is 5.88. The van der Waals surface area contributed by atoms with Crippen LogP contribution in [0.4, 0.5) is 0 Å². The third-order valence-electron chi connectivity index (χ3n) is 2.13. The number of hydrogen-bond donors (Lipinski definition) is 2. The van der Waals surface area contributed by atoms with Crippen molar-refractivity contribution >= 4 is 15.9 Å². The van der Waals surface area contributed by atoms with Crippen LogP contribution in [-0.2, 0) is 4.74 Å². The van der Waals surface area contributed by atoms with Crippen LogP contribution in [0.3, 0.4) is 0 Å². The summed E-state index contributed by atoms with van der Waals surface area (Å²) in [6.07, 6.45) is -0.390.